The Bertz CT molecular complexity index is 132. The summed E-state index contributed by atoms with van der Waals surface area (Å²) in [5.74, 6) is 0. The van der Waals surface area contributed by atoms with E-state index < -0.39 is 0 Å². The molecule has 0 spiro atoms. The molecule has 0 aromatic rings. The first-order valence-electron chi connectivity index (χ1n) is 9.66. The van der Waals surface area contributed by atoms with Gasteiger partial charge >= 0.3 is 0 Å². The van der Waals surface area contributed by atoms with Crippen molar-refractivity contribution in [3.05, 3.63) is 0 Å². The highest BCUT2D eigenvalue weighted by molar-refractivity contribution is 4.60. The summed E-state index contributed by atoms with van der Waals surface area (Å²) < 4.78 is 0. The van der Waals surface area contributed by atoms with Crippen LogP contribution in [0.5, 0.6) is 0 Å². The van der Waals surface area contributed by atoms with E-state index in [9.17, 15) is 0 Å². The summed E-state index contributed by atoms with van der Waals surface area (Å²) in [6.45, 7) is 18.2. The minimum absolute atomic E-state index is 1.14. The standard InChI is InChI=1S/4C4H10N2/c4*1-2-6-4-3-5-1/h4*5-6H,1-4H2. The smallest absolute Gasteiger partial charge is 0.00772 e. The minimum atomic E-state index is 1.14. The molecule has 0 bridgehead atoms. The Labute approximate surface area is 148 Å². The average molecular weight is 345 g/mol. The number of piperazine rings is 4. The van der Waals surface area contributed by atoms with Crippen LogP contribution in [0, 0.1) is 0 Å². The predicted octanol–water partition coefficient (Wildman–Crippen LogP) is -3.28. The van der Waals surface area contributed by atoms with Gasteiger partial charge in [-0.2, -0.15) is 0 Å². The average Bonchev–Trinajstić information content (AvgIpc) is 2.75. The maximum Gasteiger partial charge on any atom is 0.00772 e. The van der Waals surface area contributed by atoms with E-state index in [0.717, 1.165) is 105 Å². The lowest BCUT2D eigenvalue weighted by atomic mass is 10.4. The molecular formula is C16H40N8. The van der Waals surface area contributed by atoms with Gasteiger partial charge in [-0.1, -0.05) is 0 Å². The molecule has 0 atom stereocenters. The van der Waals surface area contributed by atoms with Crippen LogP contribution in [0.15, 0.2) is 0 Å². The van der Waals surface area contributed by atoms with Gasteiger partial charge in [0.15, 0.2) is 0 Å². The van der Waals surface area contributed by atoms with E-state index in [1.54, 1.807) is 0 Å². The number of rotatable bonds is 0. The molecule has 4 rings (SSSR count). The molecule has 4 heterocycles. The van der Waals surface area contributed by atoms with Crippen LogP contribution >= 0.6 is 0 Å². The molecule has 4 fully saturated rings. The second-order valence-electron chi connectivity index (χ2n) is 6.00. The van der Waals surface area contributed by atoms with Crippen LogP contribution in [0.25, 0.3) is 0 Å². The van der Waals surface area contributed by atoms with Crippen LogP contribution in [0.3, 0.4) is 0 Å². The molecular weight excluding hydrogens is 304 g/mol. The largest absolute Gasteiger partial charge is 0.314 e. The van der Waals surface area contributed by atoms with Gasteiger partial charge < -0.3 is 42.5 Å². The second kappa shape index (κ2) is 19.0. The fraction of sp³-hybridized carbons (Fsp3) is 1.00. The first-order valence-corrected chi connectivity index (χ1v) is 9.66. The molecule has 0 amide bonds. The van der Waals surface area contributed by atoms with Crippen molar-refractivity contribution in [3.8, 4) is 0 Å². The molecule has 8 nitrogen and oxygen atoms in total. The Morgan fingerprint density at radius 3 is 0.292 bits per heavy atom. The summed E-state index contributed by atoms with van der Waals surface area (Å²) in [5, 5.41) is 25.8. The fourth-order valence-corrected chi connectivity index (χ4v) is 2.41. The third kappa shape index (κ3) is 16.5. The summed E-state index contributed by atoms with van der Waals surface area (Å²) in [6.07, 6.45) is 0. The highest BCUT2D eigenvalue weighted by atomic mass is 15.0. The first kappa shape index (κ1) is 21.7. The zero-order valence-corrected chi connectivity index (χ0v) is 15.3. The Morgan fingerprint density at radius 2 is 0.250 bits per heavy atom. The van der Waals surface area contributed by atoms with Crippen molar-refractivity contribution >= 4 is 0 Å². The summed E-state index contributed by atoms with van der Waals surface area (Å²) in [4.78, 5) is 0. The van der Waals surface area contributed by atoms with E-state index in [1.165, 1.54) is 0 Å². The van der Waals surface area contributed by atoms with E-state index in [4.69, 9.17) is 0 Å². The molecule has 144 valence electrons. The van der Waals surface area contributed by atoms with E-state index in [-0.39, 0.29) is 0 Å². The minimum Gasteiger partial charge on any atom is -0.314 e. The van der Waals surface area contributed by atoms with Gasteiger partial charge in [-0.05, 0) is 0 Å². The third-order valence-corrected chi connectivity index (χ3v) is 3.83. The first-order chi connectivity index (χ1) is 12.0. The molecule has 0 unspecified atom stereocenters. The summed E-state index contributed by atoms with van der Waals surface area (Å²) in [5.41, 5.74) is 0. The van der Waals surface area contributed by atoms with Crippen LogP contribution in [0.4, 0.5) is 0 Å². The molecule has 0 saturated carbocycles. The Kier molecular flexibility index (Phi) is 17.2. The molecule has 4 aliphatic heterocycles. The highest BCUT2D eigenvalue weighted by Crippen LogP contribution is 1.67. The van der Waals surface area contributed by atoms with Crippen molar-refractivity contribution < 1.29 is 0 Å². The highest BCUT2D eigenvalue weighted by Gasteiger charge is 1.93. The fourth-order valence-electron chi connectivity index (χ4n) is 2.41. The summed E-state index contributed by atoms with van der Waals surface area (Å²) in [7, 11) is 0. The molecule has 8 N–H and O–H groups in total. The summed E-state index contributed by atoms with van der Waals surface area (Å²) >= 11 is 0. The van der Waals surface area contributed by atoms with Crippen molar-refractivity contribution in [1.82, 2.24) is 42.5 Å². The Hall–Kier alpha value is -0.320. The lowest BCUT2D eigenvalue weighted by molar-refractivity contribution is 0.534. The van der Waals surface area contributed by atoms with E-state index in [0.29, 0.717) is 0 Å². The lowest BCUT2D eigenvalue weighted by Gasteiger charge is -2.11. The quantitative estimate of drug-likeness (QED) is 0.232. The van der Waals surface area contributed by atoms with Crippen molar-refractivity contribution in [3.63, 3.8) is 0 Å². The van der Waals surface area contributed by atoms with Gasteiger partial charge in [0.25, 0.3) is 0 Å². The van der Waals surface area contributed by atoms with Gasteiger partial charge in [0.1, 0.15) is 0 Å². The number of hydrogen-bond acceptors (Lipinski definition) is 8. The number of nitrogens with one attached hydrogen (secondary N) is 8. The van der Waals surface area contributed by atoms with Crippen LogP contribution in [-0.2, 0) is 0 Å². The molecule has 0 aromatic carbocycles. The second-order valence-corrected chi connectivity index (χ2v) is 6.00. The summed E-state index contributed by atoms with van der Waals surface area (Å²) in [6, 6.07) is 0. The van der Waals surface area contributed by atoms with Gasteiger partial charge in [-0.15, -0.1) is 0 Å². The normalized spacial score (nSPS) is 24.0. The lowest BCUT2D eigenvalue weighted by Crippen LogP contribution is -2.39. The SMILES string of the molecule is C1CNCCN1.C1CNCCN1.C1CNCCN1.C1CNCCN1. The predicted molar refractivity (Wildman–Crippen MR) is 103 cm³/mol. The molecule has 0 radical (unpaired) electrons. The maximum absolute atomic E-state index is 3.22. The van der Waals surface area contributed by atoms with Gasteiger partial charge in [-0.25, -0.2) is 0 Å². The molecule has 0 aliphatic carbocycles. The van der Waals surface area contributed by atoms with Crippen LogP contribution in [0.2, 0.25) is 0 Å². The van der Waals surface area contributed by atoms with Crippen molar-refractivity contribution in [1.29, 1.82) is 0 Å². The topological polar surface area (TPSA) is 96.2 Å². The van der Waals surface area contributed by atoms with Gasteiger partial charge in [0.05, 0.1) is 0 Å². The van der Waals surface area contributed by atoms with Gasteiger partial charge in [0, 0.05) is 105 Å². The van der Waals surface area contributed by atoms with Crippen molar-refractivity contribution in [2.75, 3.05) is 105 Å². The van der Waals surface area contributed by atoms with E-state index in [1.807, 2.05) is 0 Å². The van der Waals surface area contributed by atoms with Gasteiger partial charge in [-0.3, -0.25) is 0 Å². The van der Waals surface area contributed by atoms with Crippen LogP contribution < -0.4 is 42.5 Å². The van der Waals surface area contributed by atoms with Crippen molar-refractivity contribution in [2.45, 2.75) is 0 Å². The number of hydrogen-bond donors (Lipinski definition) is 8. The van der Waals surface area contributed by atoms with E-state index in [2.05, 4.69) is 42.5 Å². The Morgan fingerprint density at radius 1 is 0.167 bits per heavy atom. The monoisotopic (exact) mass is 344 g/mol. The zero-order chi connectivity index (χ0) is 17.0. The Balaban J connectivity index is 0.000000160. The zero-order valence-electron chi connectivity index (χ0n) is 15.3. The van der Waals surface area contributed by atoms with Crippen LogP contribution in [0.1, 0.15) is 0 Å². The molecule has 0 aromatic heterocycles. The third-order valence-electron chi connectivity index (χ3n) is 3.83. The maximum atomic E-state index is 3.22. The van der Waals surface area contributed by atoms with Crippen molar-refractivity contribution in [2.24, 2.45) is 0 Å². The van der Waals surface area contributed by atoms with Gasteiger partial charge in [0.2, 0.25) is 0 Å². The molecule has 4 saturated heterocycles. The molecule has 8 heteroatoms. The molecule has 4 aliphatic rings. The molecule has 24 heavy (non-hydrogen) atoms. The van der Waals surface area contributed by atoms with E-state index >= 15 is 0 Å². The van der Waals surface area contributed by atoms with Crippen LogP contribution in [-0.4, -0.2) is 105 Å².